The zero-order chi connectivity index (χ0) is 20.3. The van der Waals surface area contributed by atoms with Crippen molar-refractivity contribution in [3.8, 4) is 11.1 Å². The van der Waals surface area contributed by atoms with Gasteiger partial charge in [0.05, 0.1) is 13.2 Å². The number of carbonyl (C=O) groups excluding carboxylic acids is 1. The van der Waals surface area contributed by atoms with Gasteiger partial charge in [-0.1, -0.05) is 24.3 Å². The molecule has 28 heavy (non-hydrogen) atoms. The highest BCUT2D eigenvalue weighted by atomic mass is 16.4. The first-order chi connectivity index (χ1) is 13.4. The summed E-state index contributed by atoms with van der Waals surface area (Å²) in [5.74, 6) is -0.195. The minimum atomic E-state index is -0.417. The van der Waals surface area contributed by atoms with E-state index in [1.165, 1.54) is 6.07 Å². The molecular formula is C22H24N2O4. The lowest BCUT2D eigenvalue weighted by Gasteiger charge is -2.20. The van der Waals surface area contributed by atoms with Gasteiger partial charge >= 0.3 is 5.63 Å². The maximum Gasteiger partial charge on any atom is 0.336 e. The quantitative estimate of drug-likeness (QED) is 0.643. The Morgan fingerprint density at radius 3 is 2.64 bits per heavy atom. The number of nitrogens with zero attached hydrogens (tertiary/aromatic N) is 1. The fourth-order valence-electron chi connectivity index (χ4n) is 3.16. The van der Waals surface area contributed by atoms with E-state index in [9.17, 15) is 9.59 Å². The standard InChI is InChI=1S/C22H24N2O4/c1-14-6-4-5-7-17(14)19-11-22(27)28-20-10-16(8-9-18(19)20)24(3)12-21(26)23-15(2)13-25/h4-11,15,25H,12-13H2,1-3H3,(H,23,26)/t15-/m1/s1. The van der Waals surface area contributed by atoms with Crippen LogP contribution in [0.3, 0.4) is 0 Å². The molecule has 2 aromatic carbocycles. The van der Waals surface area contributed by atoms with E-state index >= 15 is 0 Å². The fourth-order valence-corrected chi connectivity index (χ4v) is 3.16. The number of amides is 1. The summed E-state index contributed by atoms with van der Waals surface area (Å²) in [5, 5.41) is 12.6. The van der Waals surface area contributed by atoms with Crippen LogP contribution in [0.2, 0.25) is 0 Å². The van der Waals surface area contributed by atoms with Crippen LogP contribution in [0, 0.1) is 6.92 Å². The summed E-state index contributed by atoms with van der Waals surface area (Å²) in [7, 11) is 1.79. The van der Waals surface area contributed by atoms with Crippen LogP contribution in [0.4, 0.5) is 5.69 Å². The third kappa shape index (κ3) is 4.23. The first kappa shape index (κ1) is 19.6. The van der Waals surface area contributed by atoms with E-state index in [0.29, 0.717) is 5.58 Å². The van der Waals surface area contributed by atoms with Gasteiger partial charge in [0, 0.05) is 41.9 Å². The number of benzene rings is 2. The van der Waals surface area contributed by atoms with Gasteiger partial charge in [-0.15, -0.1) is 0 Å². The molecule has 6 nitrogen and oxygen atoms in total. The van der Waals surface area contributed by atoms with Gasteiger partial charge in [-0.25, -0.2) is 4.79 Å². The number of carbonyl (C=O) groups is 1. The third-order valence-corrected chi connectivity index (χ3v) is 4.67. The van der Waals surface area contributed by atoms with E-state index in [4.69, 9.17) is 9.52 Å². The van der Waals surface area contributed by atoms with Crippen molar-refractivity contribution in [2.75, 3.05) is 25.1 Å². The molecule has 0 saturated carbocycles. The Labute approximate surface area is 163 Å². The van der Waals surface area contributed by atoms with Crippen LogP contribution in [0.15, 0.2) is 57.7 Å². The summed E-state index contributed by atoms with van der Waals surface area (Å²) in [6, 6.07) is 14.7. The van der Waals surface area contributed by atoms with Gasteiger partial charge in [-0.05, 0) is 37.1 Å². The molecule has 1 atom stereocenters. The molecule has 1 aromatic heterocycles. The van der Waals surface area contributed by atoms with Crippen LogP contribution < -0.4 is 15.8 Å². The summed E-state index contributed by atoms with van der Waals surface area (Å²) in [6.45, 7) is 3.75. The summed E-state index contributed by atoms with van der Waals surface area (Å²) >= 11 is 0. The summed E-state index contributed by atoms with van der Waals surface area (Å²) in [6.07, 6.45) is 0. The minimum Gasteiger partial charge on any atom is -0.423 e. The van der Waals surface area contributed by atoms with Gasteiger partial charge in [-0.3, -0.25) is 4.79 Å². The van der Waals surface area contributed by atoms with Crippen LogP contribution in [0.25, 0.3) is 22.1 Å². The van der Waals surface area contributed by atoms with Crippen molar-refractivity contribution in [2.45, 2.75) is 19.9 Å². The van der Waals surface area contributed by atoms with Crippen LogP contribution in [0.1, 0.15) is 12.5 Å². The lowest BCUT2D eigenvalue weighted by Crippen LogP contribution is -2.41. The van der Waals surface area contributed by atoms with Crippen molar-refractivity contribution in [3.63, 3.8) is 0 Å². The summed E-state index contributed by atoms with van der Waals surface area (Å²) in [4.78, 5) is 26.0. The predicted octanol–water partition coefficient (Wildman–Crippen LogP) is 2.70. The van der Waals surface area contributed by atoms with Crippen molar-refractivity contribution in [3.05, 3.63) is 64.5 Å². The number of aryl methyl sites for hydroxylation is 1. The molecule has 2 N–H and O–H groups in total. The Morgan fingerprint density at radius 1 is 1.18 bits per heavy atom. The molecule has 1 amide bonds. The first-order valence-electron chi connectivity index (χ1n) is 9.14. The highest BCUT2D eigenvalue weighted by Crippen LogP contribution is 2.31. The molecule has 6 heteroatoms. The highest BCUT2D eigenvalue weighted by molar-refractivity contribution is 5.95. The van der Waals surface area contributed by atoms with Crippen LogP contribution in [0.5, 0.6) is 0 Å². The van der Waals surface area contributed by atoms with Crippen molar-refractivity contribution in [2.24, 2.45) is 0 Å². The van der Waals surface area contributed by atoms with Crippen molar-refractivity contribution in [1.29, 1.82) is 0 Å². The van der Waals surface area contributed by atoms with E-state index in [1.807, 2.05) is 43.3 Å². The van der Waals surface area contributed by atoms with Crippen molar-refractivity contribution >= 4 is 22.6 Å². The third-order valence-electron chi connectivity index (χ3n) is 4.67. The summed E-state index contributed by atoms with van der Waals surface area (Å²) < 4.78 is 5.43. The molecule has 146 valence electrons. The maximum atomic E-state index is 12.1. The average Bonchev–Trinajstić information content (AvgIpc) is 2.67. The zero-order valence-electron chi connectivity index (χ0n) is 16.2. The number of likely N-dealkylation sites (N-methyl/N-ethyl adjacent to an activating group) is 1. The number of rotatable bonds is 6. The molecule has 0 unspecified atom stereocenters. The molecule has 0 bridgehead atoms. The Bertz CT molecular complexity index is 1060. The van der Waals surface area contributed by atoms with E-state index < -0.39 is 5.63 Å². The van der Waals surface area contributed by atoms with E-state index in [-0.39, 0.29) is 25.1 Å². The van der Waals surface area contributed by atoms with Gasteiger partial charge in [-0.2, -0.15) is 0 Å². The minimum absolute atomic E-state index is 0.113. The average molecular weight is 380 g/mol. The first-order valence-corrected chi connectivity index (χ1v) is 9.14. The second-order valence-electron chi connectivity index (χ2n) is 6.98. The molecule has 3 rings (SSSR count). The molecule has 0 aliphatic heterocycles. The van der Waals surface area contributed by atoms with Gasteiger partial charge in [0.1, 0.15) is 5.58 Å². The molecular weight excluding hydrogens is 356 g/mol. The molecule has 0 fully saturated rings. The number of aliphatic hydroxyl groups is 1. The molecule has 0 saturated heterocycles. The predicted molar refractivity (Wildman–Crippen MR) is 111 cm³/mol. The maximum absolute atomic E-state index is 12.1. The van der Waals surface area contributed by atoms with E-state index in [2.05, 4.69) is 5.32 Å². The topological polar surface area (TPSA) is 82.8 Å². The lowest BCUT2D eigenvalue weighted by atomic mass is 9.98. The number of fused-ring (bicyclic) bond motifs is 1. The SMILES string of the molecule is Cc1ccccc1-c1cc(=O)oc2cc(N(C)CC(=O)N[C@H](C)CO)ccc12. The molecule has 1 heterocycles. The normalized spacial score (nSPS) is 12.0. The summed E-state index contributed by atoms with van der Waals surface area (Å²) in [5.41, 5.74) is 3.70. The largest absolute Gasteiger partial charge is 0.423 e. The zero-order valence-corrected chi connectivity index (χ0v) is 16.2. The number of aliphatic hydroxyl groups excluding tert-OH is 1. The molecule has 0 radical (unpaired) electrons. The number of hydrogen-bond acceptors (Lipinski definition) is 5. The Kier molecular flexibility index (Phi) is 5.80. The Hall–Kier alpha value is -3.12. The number of hydrogen-bond donors (Lipinski definition) is 2. The molecule has 0 aliphatic rings. The van der Waals surface area contributed by atoms with Gasteiger partial charge in [0.15, 0.2) is 0 Å². The Balaban J connectivity index is 1.95. The monoisotopic (exact) mass is 380 g/mol. The van der Waals surface area contributed by atoms with Gasteiger partial charge < -0.3 is 19.7 Å². The lowest BCUT2D eigenvalue weighted by molar-refractivity contribution is -0.120. The van der Waals surface area contributed by atoms with Gasteiger partial charge in [0.2, 0.25) is 5.91 Å². The van der Waals surface area contributed by atoms with Crippen LogP contribution >= 0.6 is 0 Å². The van der Waals surface area contributed by atoms with Gasteiger partial charge in [0.25, 0.3) is 0 Å². The Morgan fingerprint density at radius 2 is 1.93 bits per heavy atom. The van der Waals surface area contributed by atoms with E-state index in [1.54, 1.807) is 24.9 Å². The van der Waals surface area contributed by atoms with Crippen molar-refractivity contribution in [1.82, 2.24) is 5.32 Å². The molecule has 3 aromatic rings. The number of anilines is 1. The molecule has 0 aliphatic carbocycles. The van der Waals surface area contributed by atoms with Crippen molar-refractivity contribution < 1.29 is 14.3 Å². The number of nitrogens with one attached hydrogen (secondary N) is 1. The highest BCUT2D eigenvalue weighted by Gasteiger charge is 2.14. The fraction of sp³-hybridized carbons (Fsp3) is 0.273. The smallest absolute Gasteiger partial charge is 0.336 e. The second kappa shape index (κ2) is 8.27. The van der Waals surface area contributed by atoms with E-state index in [0.717, 1.165) is 27.8 Å². The second-order valence-corrected chi connectivity index (χ2v) is 6.98. The van der Waals surface area contributed by atoms with Crippen LogP contribution in [-0.4, -0.2) is 37.3 Å². The molecule has 0 spiro atoms. The van der Waals surface area contributed by atoms with Crippen LogP contribution in [-0.2, 0) is 4.79 Å².